The molecule has 4 heteroatoms. The minimum absolute atomic E-state index is 0. The molecule has 0 aliphatic carbocycles. The predicted octanol–water partition coefficient (Wildman–Crippen LogP) is -4.48. The first-order valence-corrected chi connectivity index (χ1v) is 6.11. The third-order valence-corrected chi connectivity index (χ3v) is 3.75. The molecule has 108 valence electrons. The monoisotopic (exact) mass is 364 g/mol. The van der Waals surface area contributed by atoms with Crippen LogP contribution < -0.4 is 37.2 Å². The van der Waals surface area contributed by atoms with E-state index >= 15 is 0 Å². The second-order valence-corrected chi connectivity index (χ2v) is 4.33. The third kappa shape index (κ3) is 4.86. The summed E-state index contributed by atoms with van der Waals surface area (Å²) >= 11 is 0. The molecule has 0 heterocycles. The molecule has 0 saturated carbocycles. The van der Waals surface area contributed by atoms with E-state index in [2.05, 4.69) is 68.4 Å². The Labute approximate surface area is 156 Å². The molecular formula is C16H19Cl3Ti. The van der Waals surface area contributed by atoms with Crippen molar-refractivity contribution < 1.29 is 58.9 Å². The van der Waals surface area contributed by atoms with Gasteiger partial charge in [0.1, 0.15) is 0 Å². The molecule has 0 aliphatic heterocycles. The summed E-state index contributed by atoms with van der Waals surface area (Å²) in [6, 6.07) is 19.6. The minimum atomic E-state index is 0. The van der Waals surface area contributed by atoms with E-state index < -0.39 is 0 Å². The van der Waals surface area contributed by atoms with Crippen LogP contribution in [0.15, 0.2) is 54.6 Å². The van der Waals surface area contributed by atoms with Gasteiger partial charge in [0.2, 0.25) is 0 Å². The van der Waals surface area contributed by atoms with Gasteiger partial charge in [0.25, 0.3) is 0 Å². The Kier molecular flexibility index (Phi) is 14.8. The summed E-state index contributed by atoms with van der Waals surface area (Å²) in [5.74, 6) is 0. The van der Waals surface area contributed by atoms with Crippen molar-refractivity contribution >= 4 is 0 Å². The fourth-order valence-electron chi connectivity index (χ4n) is 2.68. The Balaban J connectivity index is -0.000000722. The first-order chi connectivity index (χ1) is 7.83. The van der Waals surface area contributed by atoms with E-state index in [-0.39, 0.29) is 64.4 Å². The molecule has 2 aromatic carbocycles. The van der Waals surface area contributed by atoms with E-state index in [0.717, 1.165) is 12.8 Å². The van der Waals surface area contributed by atoms with Gasteiger partial charge in [-0.2, -0.15) is 12.1 Å². The van der Waals surface area contributed by atoms with Crippen LogP contribution in [-0.4, -0.2) is 0 Å². The van der Waals surface area contributed by atoms with E-state index in [1.54, 1.807) is 0 Å². The van der Waals surface area contributed by atoms with Gasteiger partial charge in [0, 0.05) is 0 Å². The van der Waals surface area contributed by atoms with Gasteiger partial charge in [-0.15, -0.1) is 5.56 Å². The fourth-order valence-corrected chi connectivity index (χ4v) is 2.68. The molecule has 0 unspecified atom stereocenters. The molecule has 0 saturated heterocycles. The van der Waals surface area contributed by atoms with Crippen molar-refractivity contribution in [3.8, 4) is 0 Å². The van der Waals surface area contributed by atoms with Crippen LogP contribution >= 0.6 is 0 Å². The van der Waals surface area contributed by atoms with Crippen molar-refractivity contribution in [2.75, 3.05) is 0 Å². The zero-order valence-electron chi connectivity index (χ0n) is 11.7. The molecule has 0 aromatic heterocycles. The van der Waals surface area contributed by atoms with E-state index in [9.17, 15) is 0 Å². The standard InChI is InChI=1S/C16H19.3ClH.Ti/c1-3-16(4-2,15-12-8-9-13-15)14-10-6-5-7-11-14;;;;/h5-13H,3-4H2,1-2H3;3*1H;/q-1;;;;+4/p-3. The van der Waals surface area contributed by atoms with Gasteiger partial charge in [-0.25, -0.2) is 12.1 Å². The van der Waals surface area contributed by atoms with Gasteiger partial charge in [-0.3, -0.25) is 0 Å². The molecule has 0 nitrogen and oxygen atoms in total. The number of rotatable bonds is 4. The first-order valence-electron chi connectivity index (χ1n) is 6.11. The maximum absolute atomic E-state index is 2.28. The van der Waals surface area contributed by atoms with Crippen LogP contribution in [0.25, 0.3) is 0 Å². The van der Waals surface area contributed by atoms with E-state index in [1.807, 2.05) is 0 Å². The normalized spacial score (nSPS) is 9.30. The Morgan fingerprint density at radius 2 is 1.25 bits per heavy atom. The number of hydrogen-bond acceptors (Lipinski definition) is 0. The Bertz CT molecular complexity index is 422. The summed E-state index contributed by atoms with van der Waals surface area (Å²) in [4.78, 5) is 0. The summed E-state index contributed by atoms with van der Waals surface area (Å²) in [5, 5.41) is 0. The summed E-state index contributed by atoms with van der Waals surface area (Å²) < 4.78 is 0. The number of halogens is 3. The molecule has 2 aromatic rings. The van der Waals surface area contributed by atoms with Gasteiger partial charge < -0.3 is 37.2 Å². The van der Waals surface area contributed by atoms with Gasteiger partial charge in [-0.1, -0.05) is 57.0 Å². The quantitative estimate of drug-likeness (QED) is 0.379. The van der Waals surface area contributed by atoms with Gasteiger partial charge >= 0.3 is 21.7 Å². The molecule has 20 heavy (non-hydrogen) atoms. The molecule has 0 spiro atoms. The largest absolute Gasteiger partial charge is 4.00 e. The fraction of sp³-hybridized carbons (Fsp3) is 0.312. The minimum Gasteiger partial charge on any atom is -1.00 e. The molecular weight excluding hydrogens is 346 g/mol. The Hall–Kier alpha value is 0.154. The number of hydrogen-bond donors (Lipinski definition) is 0. The molecule has 2 rings (SSSR count). The van der Waals surface area contributed by atoms with Crippen LogP contribution in [-0.2, 0) is 27.1 Å². The van der Waals surface area contributed by atoms with Crippen LogP contribution in [0.4, 0.5) is 0 Å². The third-order valence-electron chi connectivity index (χ3n) is 3.75. The van der Waals surface area contributed by atoms with Crippen LogP contribution in [0.3, 0.4) is 0 Å². The van der Waals surface area contributed by atoms with Crippen molar-refractivity contribution in [3.63, 3.8) is 0 Å². The molecule has 0 fully saturated rings. The topological polar surface area (TPSA) is 0 Å². The van der Waals surface area contributed by atoms with Crippen LogP contribution in [0.1, 0.15) is 37.8 Å². The summed E-state index contributed by atoms with van der Waals surface area (Å²) in [5.41, 5.74) is 3.08. The maximum Gasteiger partial charge on any atom is 4.00 e. The van der Waals surface area contributed by atoms with Crippen LogP contribution in [0.2, 0.25) is 0 Å². The average Bonchev–Trinajstić information content (AvgIpc) is 2.87. The van der Waals surface area contributed by atoms with Crippen molar-refractivity contribution in [3.05, 3.63) is 65.7 Å². The average molecular weight is 366 g/mol. The smallest absolute Gasteiger partial charge is 1.00 e. The Morgan fingerprint density at radius 3 is 1.65 bits per heavy atom. The molecule has 0 amide bonds. The van der Waals surface area contributed by atoms with Crippen molar-refractivity contribution in [2.45, 2.75) is 32.1 Å². The summed E-state index contributed by atoms with van der Waals surface area (Å²) in [7, 11) is 0. The van der Waals surface area contributed by atoms with Crippen molar-refractivity contribution in [2.24, 2.45) is 0 Å². The predicted molar refractivity (Wildman–Crippen MR) is 69.8 cm³/mol. The van der Waals surface area contributed by atoms with Gasteiger partial charge in [0.05, 0.1) is 0 Å². The van der Waals surface area contributed by atoms with E-state index in [1.165, 1.54) is 11.1 Å². The van der Waals surface area contributed by atoms with E-state index in [4.69, 9.17) is 0 Å². The summed E-state index contributed by atoms with van der Waals surface area (Å²) in [6.45, 7) is 4.56. The van der Waals surface area contributed by atoms with Gasteiger partial charge in [0.15, 0.2) is 0 Å². The molecule has 0 N–H and O–H groups in total. The van der Waals surface area contributed by atoms with Crippen LogP contribution in [0, 0.1) is 0 Å². The SMILES string of the molecule is CCC(CC)(c1ccccc1)[c-]1cccc1.[Cl-].[Cl-].[Cl-].[Ti+4]. The molecule has 0 bridgehead atoms. The molecule has 0 atom stereocenters. The Morgan fingerprint density at radius 1 is 0.800 bits per heavy atom. The zero-order valence-corrected chi connectivity index (χ0v) is 15.6. The number of benzene rings is 1. The molecule has 0 aliphatic rings. The second kappa shape index (κ2) is 11.8. The van der Waals surface area contributed by atoms with Crippen molar-refractivity contribution in [1.82, 2.24) is 0 Å². The van der Waals surface area contributed by atoms with Gasteiger partial charge in [-0.05, 0) is 11.0 Å². The van der Waals surface area contributed by atoms with Crippen molar-refractivity contribution in [1.29, 1.82) is 0 Å². The zero-order chi connectivity index (χ0) is 11.4. The first kappa shape index (κ1) is 25.1. The van der Waals surface area contributed by atoms with Crippen LogP contribution in [0.5, 0.6) is 0 Å². The molecule has 0 radical (unpaired) electrons. The van der Waals surface area contributed by atoms with E-state index in [0.29, 0.717) is 0 Å². The second-order valence-electron chi connectivity index (χ2n) is 4.33. The maximum atomic E-state index is 2.28. The summed E-state index contributed by atoms with van der Waals surface area (Å²) in [6.07, 6.45) is 2.30.